The van der Waals surface area contributed by atoms with Crippen LogP contribution in [-0.2, 0) is 22.7 Å². The van der Waals surface area contributed by atoms with Crippen LogP contribution < -0.4 is 9.47 Å². The number of carboxylic acid groups (broad SMARTS) is 1. The predicted octanol–water partition coefficient (Wildman–Crippen LogP) is 5.35. The van der Waals surface area contributed by atoms with Gasteiger partial charge in [0, 0.05) is 0 Å². The molecular weight excluding hydrogens is 582 g/mol. The number of hydrogen-bond donors (Lipinski definition) is 1. The van der Waals surface area contributed by atoms with Gasteiger partial charge in [-0.1, -0.05) is 12.1 Å². The summed E-state index contributed by atoms with van der Waals surface area (Å²) >= 11 is 4.23. The maximum Gasteiger partial charge on any atom is 0.373 e. The summed E-state index contributed by atoms with van der Waals surface area (Å²) in [5.74, 6) is -1.22. The van der Waals surface area contributed by atoms with E-state index in [0.717, 1.165) is 16.7 Å². The maximum absolute atomic E-state index is 12.9. The number of benzene rings is 2. The van der Waals surface area contributed by atoms with Crippen molar-refractivity contribution >= 4 is 56.9 Å². The number of nitrogens with zero attached hydrogens (tertiary/aromatic N) is 1. The van der Waals surface area contributed by atoms with Gasteiger partial charge in [-0.15, -0.1) is 0 Å². The van der Waals surface area contributed by atoms with Crippen LogP contribution in [0.3, 0.4) is 0 Å². The van der Waals surface area contributed by atoms with Gasteiger partial charge in [0.15, 0.2) is 11.5 Å². The maximum atomic E-state index is 12.9. The van der Waals surface area contributed by atoms with Gasteiger partial charge in [-0.05, 0) is 81.3 Å². The van der Waals surface area contributed by atoms with E-state index in [1.165, 1.54) is 38.5 Å². The van der Waals surface area contributed by atoms with Crippen LogP contribution in [0.25, 0.3) is 6.08 Å². The average Bonchev–Trinajstić information content (AvgIpc) is 3.47. The Morgan fingerprint density at radius 1 is 1.13 bits per heavy atom. The van der Waals surface area contributed by atoms with Crippen molar-refractivity contribution in [1.82, 2.24) is 4.90 Å². The predicted molar refractivity (Wildman–Crippen MR) is 140 cm³/mol. The van der Waals surface area contributed by atoms with Crippen molar-refractivity contribution in [3.63, 3.8) is 0 Å². The molecule has 1 fully saturated rings. The van der Waals surface area contributed by atoms with Gasteiger partial charge in [0.2, 0.25) is 5.76 Å². The van der Waals surface area contributed by atoms with E-state index in [0.29, 0.717) is 27.1 Å². The smallest absolute Gasteiger partial charge is 0.373 e. The van der Waals surface area contributed by atoms with E-state index in [4.69, 9.17) is 13.9 Å². The van der Waals surface area contributed by atoms with Crippen LogP contribution in [0.4, 0.5) is 4.79 Å². The second kappa shape index (κ2) is 11.6. The van der Waals surface area contributed by atoms with Crippen molar-refractivity contribution in [1.29, 1.82) is 0 Å². The summed E-state index contributed by atoms with van der Waals surface area (Å²) in [6.07, 6.45) is 1.56. The highest BCUT2D eigenvalue weighted by atomic mass is 79.9. The topological polar surface area (TPSA) is 133 Å². The molecule has 0 atom stereocenters. The number of rotatable bonds is 9. The molecule has 10 nitrogen and oxygen atoms in total. The molecule has 0 radical (unpaired) electrons. The third kappa shape index (κ3) is 5.92. The molecule has 1 aromatic heterocycles. The van der Waals surface area contributed by atoms with Crippen LogP contribution in [0.2, 0.25) is 0 Å². The number of ether oxygens (including phenoxy) is 3. The molecule has 3 aromatic rings. The molecule has 1 saturated heterocycles. The Morgan fingerprint density at radius 3 is 2.63 bits per heavy atom. The molecule has 0 spiro atoms. The Hall–Kier alpha value is -4.03. The van der Waals surface area contributed by atoms with E-state index in [-0.39, 0.29) is 35.1 Å². The van der Waals surface area contributed by atoms with Crippen LogP contribution in [0.1, 0.15) is 37.8 Å². The lowest BCUT2D eigenvalue weighted by Gasteiger charge is -2.14. The highest BCUT2D eigenvalue weighted by molar-refractivity contribution is 9.10. The number of esters is 1. The number of furan rings is 1. The van der Waals surface area contributed by atoms with Crippen molar-refractivity contribution in [2.24, 2.45) is 0 Å². The van der Waals surface area contributed by atoms with Crippen molar-refractivity contribution < 1.29 is 42.9 Å². The largest absolute Gasteiger partial charge is 0.493 e. The molecule has 1 aliphatic heterocycles. The third-order valence-electron chi connectivity index (χ3n) is 5.34. The molecule has 0 saturated carbocycles. The number of hydrogen-bond acceptors (Lipinski definition) is 9. The molecule has 4 rings (SSSR count). The molecule has 2 aromatic carbocycles. The van der Waals surface area contributed by atoms with Gasteiger partial charge in [0.25, 0.3) is 11.1 Å². The van der Waals surface area contributed by atoms with Gasteiger partial charge in [-0.3, -0.25) is 14.5 Å². The Morgan fingerprint density at radius 2 is 1.92 bits per heavy atom. The van der Waals surface area contributed by atoms with Gasteiger partial charge in [0.1, 0.15) is 12.4 Å². The highest BCUT2D eigenvalue weighted by Gasteiger charge is 2.36. The SMILES string of the molecule is COC(=O)c1ccc(CN2C(=O)S/C(=C/c3cc(Br)c(OCc4cccc(C(=O)O)c4)c(OC)c3)C2=O)o1. The summed E-state index contributed by atoms with van der Waals surface area (Å²) in [6.45, 7) is -0.0410. The number of halogens is 1. The van der Waals surface area contributed by atoms with Gasteiger partial charge in [-0.2, -0.15) is 0 Å². The van der Waals surface area contributed by atoms with Crippen molar-refractivity contribution in [3.8, 4) is 11.5 Å². The number of methoxy groups -OCH3 is 2. The fourth-order valence-corrected chi connectivity index (χ4v) is 4.94. The zero-order chi connectivity index (χ0) is 27.4. The Kier molecular flexibility index (Phi) is 8.23. The van der Waals surface area contributed by atoms with Gasteiger partial charge in [-0.25, -0.2) is 9.59 Å². The molecule has 38 heavy (non-hydrogen) atoms. The Balaban J connectivity index is 1.50. The number of carboxylic acids is 1. The number of thioether (sulfide) groups is 1. The summed E-state index contributed by atoms with van der Waals surface area (Å²) in [4.78, 5) is 49.5. The molecular formula is C26H20BrNO9S. The molecule has 0 bridgehead atoms. The second-order valence-corrected chi connectivity index (χ2v) is 9.70. The zero-order valence-corrected chi connectivity index (χ0v) is 22.5. The number of amides is 2. The minimum atomic E-state index is -1.03. The lowest BCUT2D eigenvalue weighted by atomic mass is 10.1. The minimum absolute atomic E-state index is 0.0288. The molecule has 196 valence electrons. The summed E-state index contributed by atoms with van der Waals surface area (Å²) < 4.78 is 21.8. The first-order valence-electron chi connectivity index (χ1n) is 10.9. The quantitative estimate of drug-likeness (QED) is 0.253. The first kappa shape index (κ1) is 27.0. The molecule has 12 heteroatoms. The minimum Gasteiger partial charge on any atom is -0.493 e. The summed E-state index contributed by atoms with van der Waals surface area (Å²) in [5.41, 5.74) is 1.38. The number of carbonyl (C=O) groups is 4. The standard InChI is InChI=1S/C26H20BrNO9S/c1-34-20-10-15(9-18(27)22(20)36-13-14-4-3-5-16(8-14)24(30)31)11-21-23(29)28(26(33)38-21)12-17-6-7-19(37-17)25(32)35-2/h3-11H,12-13H2,1-2H3,(H,30,31)/b21-11+. The molecule has 1 N–H and O–H groups in total. The van der Waals surface area contributed by atoms with Crippen LogP contribution in [0.15, 0.2) is 62.3 Å². The van der Waals surface area contributed by atoms with E-state index < -0.39 is 23.1 Å². The lowest BCUT2D eigenvalue weighted by molar-refractivity contribution is -0.123. The van der Waals surface area contributed by atoms with Gasteiger partial charge < -0.3 is 23.7 Å². The summed E-state index contributed by atoms with van der Waals surface area (Å²) in [5, 5.41) is 8.70. The van der Waals surface area contributed by atoms with Crippen LogP contribution in [0.5, 0.6) is 11.5 Å². The van der Waals surface area contributed by atoms with Crippen LogP contribution in [0, 0.1) is 0 Å². The number of aromatic carboxylic acids is 1. The van der Waals surface area contributed by atoms with E-state index in [1.807, 2.05) is 0 Å². The van der Waals surface area contributed by atoms with Crippen molar-refractivity contribution in [3.05, 3.63) is 86.1 Å². The first-order chi connectivity index (χ1) is 18.2. The summed E-state index contributed by atoms with van der Waals surface area (Å²) in [7, 11) is 2.68. The fourth-order valence-electron chi connectivity index (χ4n) is 3.53. The molecule has 2 amide bonds. The molecule has 0 aliphatic carbocycles. The van der Waals surface area contributed by atoms with Gasteiger partial charge in [0.05, 0.1) is 35.7 Å². The second-order valence-electron chi connectivity index (χ2n) is 7.85. The van der Waals surface area contributed by atoms with E-state index in [2.05, 4.69) is 20.7 Å². The van der Waals surface area contributed by atoms with Crippen LogP contribution >= 0.6 is 27.7 Å². The van der Waals surface area contributed by atoms with Crippen molar-refractivity contribution in [2.45, 2.75) is 13.2 Å². The van der Waals surface area contributed by atoms with E-state index in [9.17, 15) is 24.3 Å². The normalized spacial score (nSPS) is 14.2. The monoisotopic (exact) mass is 601 g/mol. The average molecular weight is 602 g/mol. The molecule has 2 heterocycles. The fraction of sp³-hybridized carbons (Fsp3) is 0.154. The van der Waals surface area contributed by atoms with E-state index in [1.54, 1.807) is 30.3 Å². The summed E-state index contributed by atoms with van der Waals surface area (Å²) in [6, 6.07) is 12.7. The van der Waals surface area contributed by atoms with Crippen molar-refractivity contribution in [2.75, 3.05) is 14.2 Å². The van der Waals surface area contributed by atoms with E-state index >= 15 is 0 Å². The lowest BCUT2D eigenvalue weighted by Crippen LogP contribution is -2.27. The number of imide groups is 1. The zero-order valence-electron chi connectivity index (χ0n) is 20.1. The van der Waals surface area contributed by atoms with Gasteiger partial charge >= 0.3 is 11.9 Å². The number of carbonyl (C=O) groups excluding carboxylic acids is 3. The Bertz CT molecular complexity index is 1460. The third-order valence-corrected chi connectivity index (χ3v) is 6.84. The molecule has 1 aliphatic rings. The Labute approximate surface area is 229 Å². The first-order valence-corrected chi connectivity index (χ1v) is 12.6. The highest BCUT2D eigenvalue weighted by Crippen LogP contribution is 2.39. The molecule has 0 unspecified atom stereocenters. The van der Waals surface area contributed by atoms with Crippen LogP contribution in [-0.4, -0.2) is 47.3 Å².